The number of hydrogen-bond donors (Lipinski definition) is 2. The minimum atomic E-state index is -0.870. The molecule has 1 aliphatic rings. The Balaban J connectivity index is 1.66. The lowest BCUT2D eigenvalue weighted by atomic mass is 9.95. The number of aromatic nitrogens is 1. The van der Waals surface area contributed by atoms with E-state index in [0.717, 1.165) is 53.2 Å². The predicted molar refractivity (Wildman–Crippen MR) is 116 cm³/mol. The molecule has 0 bridgehead atoms. The zero-order chi connectivity index (χ0) is 20.5. The topological polar surface area (TPSA) is 83.7 Å². The number of nitrogens with one attached hydrogen (secondary N) is 1. The average molecular weight is 428 g/mol. The van der Waals surface area contributed by atoms with Gasteiger partial charge in [-0.1, -0.05) is 6.07 Å². The van der Waals surface area contributed by atoms with Crippen LogP contribution in [-0.2, 0) is 12.8 Å². The molecule has 0 saturated heterocycles. The van der Waals surface area contributed by atoms with Crippen LogP contribution in [0.25, 0.3) is 5.00 Å². The second-order valence-corrected chi connectivity index (χ2v) is 9.07. The van der Waals surface area contributed by atoms with Crippen LogP contribution in [0, 0.1) is 13.8 Å². The molecular weight excluding hydrogens is 406 g/mol. The Labute approximate surface area is 176 Å². The first-order valence-electron chi connectivity index (χ1n) is 9.41. The second kappa shape index (κ2) is 7.96. The lowest BCUT2D eigenvalue weighted by Gasteiger charge is -2.11. The number of thiophene rings is 2. The van der Waals surface area contributed by atoms with Gasteiger partial charge in [0.05, 0.1) is 16.7 Å². The number of carboxylic acid groups (broad SMARTS) is 1. The first-order chi connectivity index (χ1) is 14.0. The number of fused-ring (bicyclic) bond motifs is 1. The van der Waals surface area contributed by atoms with Gasteiger partial charge in [-0.25, -0.2) is 10.2 Å². The Bertz CT molecular complexity index is 1110. The highest BCUT2D eigenvalue weighted by Gasteiger charge is 2.27. The molecule has 150 valence electrons. The summed E-state index contributed by atoms with van der Waals surface area (Å²) >= 11 is 2.94. The average Bonchev–Trinajstić information content (AvgIpc) is 3.39. The van der Waals surface area contributed by atoms with Gasteiger partial charge >= 0.3 is 5.97 Å². The molecule has 1 aliphatic carbocycles. The third-order valence-electron chi connectivity index (χ3n) is 5.15. The van der Waals surface area contributed by atoms with Crippen LogP contribution >= 0.6 is 22.7 Å². The van der Waals surface area contributed by atoms with E-state index in [4.69, 9.17) is 0 Å². The Kier molecular flexibility index (Phi) is 5.38. The number of rotatable bonds is 5. The molecule has 29 heavy (non-hydrogen) atoms. The highest BCUT2D eigenvalue weighted by Crippen LogP contribution is 2.38. The molecule has 3 aromatic heterocycles. The highest BCUT2D eigenvalue weighted by atomic mass is 32.1. The number of aryl methyl sites for hydroxylation is 2. The Morgan fingerprint density at radius 2 is 2.07 bits per heavy atom. The number of hydrazone groups is 1. The van der Waals surface area contributed by atoms with E-state index in [9.17, 15) is 14.7 Å². The molecule has 3 heterocycles. The third-order valence-corrected chi connectivity index (χ3v) is 7.30. The Hall–Kier alpha value is -2.71. The van der Waals surface area contributed by atoms with Crippen molar-refractivity contribution < 1.29 is 14.7 Å². The van der Waals surface area contributed by atoms with E-state index in [0.29, 0.717) is 10.4 Å². The summed E-state index contributed by atoms with van der Waals surface area (Å²) in [5.41, 5.74) is 6.65. The van der Waals surface area contributed by atoms with Crippen molar-refractivity contribution in [2.75, 3.05) is 0 Å². The molecule has 0 spiro atoms. The van der Waals surface area contributed by atoms with Gasteiger partial charge in [0.2, 0.25) is 0 Å². The molecular formula is C21H21N3O3S2. The first kappa shape index (κ1) is 19.6. The van der Waals surface area contributed by atoms with E-state index in [1.807, 2.05) is 35.9 Å². The number of amides is 1. The van der Waals surface area contributed by atoms with Gasteiger partial charge < -0.3 is 9.67 Å². The molecule has 8 heteroatoms. The number of nitrogens with zero attached hydrogens (tertiary/aromatic N) is 2. The van der Waals surface area contributed by atoms with Crippen molar-refractivity contribution in [2.45, 2.75) is 39.5 Å². The van der Waals surface area contributed by atoms with E-state index in [1.165, 1.54) is 16.2 Å². The molecule has 0 aliphatic heterocycles. The summed E-state index contributed by atoms with van der Waals surface area (Å²) in [6, 6.07) is 5.52. The quantitative estimate of drug-likeness (QED) is 0.462. The van der Waals surface area contributed by atoms with Gasteiger partial charge in [0, 0.05) is 21.8 Å². The van der Waals surface area contributed by atoms with Crippen LogP contribution in [0.3, 0.4) is 0 Å². The fourth-order valence-corrected chi connectivity index (χ4v) is 5.89. The van der Waals surface area contributed by atoms with Crippen LogP contribution < -0.4 is 5.43 Å². The summed E-state index contributed by atoms with van der Waals surface area (Å²) in [7, 11) is 0. The third kappa shape index (κ3) is 3.65. The van der Waals surface area contributed by atoms with E-state index in [1.54, 1.807) is 23.6 Å². The molecule has 0 unspecified atom stereocenters. The maximum atomic E-state index is 12.0. The number of carboxylic acids is 1. The van der Waals surface area contributed by atoms with Crippen molar-refractivity contribution in [3.63, 3.8) is 0 Å². The van der Waals surface area contributed by atoms with Crippen molar-refractivity contribution in [3.8, 4) is 5.00 Å². The number of aromatic carboxylic acids is 1. The molecule has 0 radical (unpaired) electrons. The van der Waals surface area contributed by atoms with Crippen LogP contribution in [-0.4, -0.2) is 27.8 Å². The summed E-state index contributed by atoms with van der Waals surface area (Å²) in [4.78, 5) is 25.9. The Morgan fingerprint density at radius 1 is 1.28 bits per heavy atom. The minimum Gasteiger partial charge on any atom is -0.478 e. The van der Waals surface area contributed by atoms with E-state index >= 15 is 0 Å². The van der Waals surface area contributed by atoms with E-state index < -0.39 is 5.97 Å². The van der Waals surface area contributed by atoms with E-state index in [2.05, 4.69) is 10.5 Å². The predicted octanol–water partition coefficient (Wildman–Crippen LogP) is 4.56. The summed E-state index contributed by atoms with van der Waals surface area (Å²) in [6.07, 6.45) is 5.53. The van der Waals surface area contributed by atoms with Crippen molar-refractivity contribution >= 4 is 40.8 Å². The van der Waals surface area contributed by atoms with Gasteiger partial charge in [0.25, 0.3) is 5.91 Å². The lowest BCUT2D eigenvalue weighted by Crippen LogP contribution is -2.16. The molecule has 0 aromatic carbocycles. The van der Waals surface area contributed by atoms with Gasteiger partial charge in [-0.3, -0.25) is 4.79 Å². The normalized spacial score (nSPS) is 13.6. The molecule has 4 rings (SSSR count). The van der Waals surface area contributed by atoms with Crippen molar-refractivity contribution in [1.82, 2.24) is 9.99 Å². The first-order valence-corrected chi connectivity index (χ1v) is 11.1. The number of carbonyl (C=O) groups is 2. The van der Waals surface area contributed by atoms with Crippen LogP contribution in [0.4, 0.5) is 0 Å². The fraction of sp³-hybridized carbons (Fsp3) is 0.286. The van der Waals surface area contributed by atoms with Gasteiger partial charge in [0.15, 0.2) is 0 Å². The summed E-state index contributed by atoms with van der Waals surface area (Å²) in [5.74, 6) is -1.12. The van der Waals surface area contributed by atoms with Crippen molar-refractivity contribution in [2.24, 2.45) is 5.10 Å². The van der Waals surface area contributed by atoms with Crippen molar-refractivity contribution in [1.29, 1.82) is 0 Å². The molecule has 3 aromatic rings. The fourth-order valence-electron chi connectivity index (χ4n) is 3.78. The summed E-state index contributed by atoms with van der Waals surface area (Å²) in [6.45, 7) is 3.90. The molecule has 0 atom stereocenters. The standard InChI is InChI=1S/C21H21N3O3S2/c1-12-10-14(11-22-23-19(25)17-8-5-9-28-17)13(2)24(12)20-18(21(26)27)15-6-3-4-7-16(15)29-20/h5,8-11H,3-4,6-7H2,1-2H3,(H,23,25)(H,26,27). The van der Waals surface area contributed by atoms with Crippen LogP contribution in [0.15, 0.2) is 28.7 Å². The number of carbonyl (C=O) groups excluding carboxylic acids is 1. The second-order valence-electron chi connectivity index (χ2n) is 7.03. The summed E-state index contributed by atoms with van der Waals surface area (Å²) < 4.78 is 1.99. The zero-order valence-corrected chi connectivity index (χ0v) is 17.8. The summed E-state index contributed by atoms with van der Waals surface area (Å²) in [5, 5.41) is 16.6. The van der Waals surface area contributed by atoms with Gasteiger partial charge in [0.1, 0.15) is 5.00 Å². The molecule has 0 saturated carbocycles. The van der Waals surface area contributed by atoms with Crippen LogP contribution in [0.1, 0.15) is 60.3 Å². The molecule has 0 fully saturated rings. The van der Waals surface area contributed by atoms with Gasteiger partial charge in [-0.2, -0.15) is 5.10 Å². The van der Waals surface area contributed by atoms with Gasteiger partial charge in [-0.15, -0.1) is 22.7 Å². The van der Waals surface area contributed by atoms with Crippen LogP contribution in [0.5, 0.6) is 0 Å². The minimum absolute atomic E-state index is 0.246. The molecule has 1 amide bonds. The number of hydrogen-bond acceptors (Lipinski definition) is 5. The maximum absolute atomic E-state index is 12.0. The van der Waals surface area contributed by atoms with Gasteiger partial charge in [-0.05, 0) is 62.6 Å². The van der Waals surface area contributed by atoms with Crippen molar-refractivity contribution in [3.05, 3.63) is 61.4 Å². The van der Waals surface area contributed by atoms with E-state index in [-0.39, 0.29) is 5.91 Å². The largest absolute Gasteiger partial charge is 0.478 e. The zero-order valence-electron chi connectivity index (χ0n) is 16.2. The van der Waals surface area contributed by atoms with Crippen LogP contribution in [0.2, 0.25) is 0 Å². The monoisotopic (exact) mass is 427 g/mol. The molecule has 2 N–H and O–H groups in total. The highest BCUT2D eigenvalue weighted by molar-refractivity contribution is 7.15. The maximum Gasteiger partial charge on any atom is 0.339 e. The smallest absolute Gasteiger partial charge is 0.339 e. The SMILES string of the molecule is Cc1cc(C=NNC(=O)c2cccs2)c(C)n1-c1sc2c(c1C(=O)O)CCCC2. The Morgan fingerprint density at radius 3 is 2.79 bits per heavy atom. The lowest BCUT2D eigenvalue weighted by molar-refractivity contribution is 0.0695. The molecule has 6 nitrogen and oxygen atoms in total.